The zero-order chi connectivity index (χ0) is 21.5. The summed E-state index contributed by atoms with van der Waals surface area (Å²) < 4.78 is 6.78. The van der Waals surface area contributed by atoms with Crippen molar-refractivity contribution in [2.45, 2.75) is 34.1 Å². The molecule has 0 atom stereocenters. The fraction of sp³-hybridized carbons (Fsp3) is 0.417. The predicted molar refractivity (Wildman–Crippen MR) is 126 cm³/mol. The molecule has 1 amide bonds. The molecule has 1 aromatic heterocycles. The molecule has 30 heavy (non-hydrogen) atoms. The molecule has 0 unspecified atom stereocenters. The molecule has 0 spiro atoms. The summed E-state index contributed by atoms with van der Waals surface area (Å²) in [6.07, 6.45) is 0.369. The number of carbonyl (C=O) groups excluding carboxylic acids is 1. The number of thiazole rings is 1. The summed E-state index contributed by atoms with van der Waals surface area (Å²) >= 11 is 1.55. The second-order valence-electron chi connectivity index (χ2n) is 7.27. The van der Waals surface area contributed by atoms with Crippen molar-refractivity contribution in [3.05, 3.63) is 53.6 Å². The number of carbonyl (C=O) groups is 1. The number of anilines is 1. The van der Waals surface area contributed by atoms with Gasteiger partial charge >= 0.3 is 0 Å². The first-order valence-electron chi connectivity index (χ1n) is 10.7. The lowest BCUT2D eigenvalue weighted by Crippen LogP contribution is -2.39. The molecule has 6 heteroatoms. The number of rotatable bonds is 10. The highest BCUT2D eigenvalue weighted by Crippen LogP contribution is 2.34. The number of nitrogens with zero attached hydrogens (tertiary/aromatic N) is 3. The lowest BCUT2D eigenvalue weighted by atomic mass is 10.1. The van der Waals surface area contributed by atoms with Gasteiger partial charge in [-0.25, -0.2) is 4.98 Å². The monoisotopic (exact) mass is 425 g/mol. The minimum atomic E-state index is 0.0739. The van der Waals surface area contributed by atoms with Crippen LogP contribution < -0.4 is 9.64 Å². The van der Waals surface area contributed by atoms with E-state index in [-0.39, 0.29) is 5.91 Å². The van der Waals surface area contributed by atoms with E-state index in [0.717, 1.165) is 51.9 Å². The van der Waals surface area contributed by atoms with Crippen LogP contribution in [-0.2, 0) is 11.2 Å². The standard InChI is InChI=1S/C24H31N3O2S/c1-5-26(6-2)14-15-27(22(28)17-19-11-8-10-18(4)16-19)24-25-23-20(29-7-3)12-9-13-21(23)30-24/h8-13,16H,5-7,14-15,17H2,1-4H3. The van der Waals surface area contributed by atoms with Gasteiger partial charge < -0.3 is 9.64 Å². The Morgan fingerprint density at radius 3 is 2.53 bits per heavy atom. The topological polar surface area (TPSA) is 45.7 Å². The second kappa shape index (κ2) is 10.5. The van der Waals surface area contributed by atoms with Gasteiger partial charge in [0.25, 0.3) is 0 Å². The zero-order valence-electron chi connectivity index (χ0n) is 18.4. The number of aromatic nitrogens is 1. The predicted octanol–water partition coefficient (Wildman–Crippen LogP) is 4.92. The third kappa shape index (κ3) is 5.37. The SMILES string of the molecule is CCOc1cccc2sc(N(CCN(CC)CC)C(=O)Cc3cccc(C)c3)nc12. The Balaban J connectivity index is 1.91. The Morgan fingerprint density at radius 1 is 1.07 bits per heavy atom. The Labute approximate surface area is 183 Å². The van der Waals surface area contributed by atoms with E-state index in [1.165, 1.54) is 0 Å². The number of likely N-dealkylation sites (N-methyl/N-ethyl adjacent to an activating group) is 1. The van der Waals surface area contributed by atoms with Crippen molar-refractivity contribution in [2.24, 2.45) is 0 Å². The largest absolute Gasteiger partial charge is 0.492 e. The van der Waals surface area contributed by atoms with Crippen molar-refractivity contribution in [2.75, 3.05) is 37.7 Å². The van der Waals surface area contributed by atoms with E-state index in [9.17, 15) is 4.79 Å². The number of para-hydroxylation sites is 1. The molecular formula is C24H31N3O2S. The van der Waals surface area contributed by atoms with Crippen LogP contribution in [-0.4, -0.2) is 48.6 Å². The normalized spacial score (nSPS) is 11.2. The van der Waals surface area contributed by atoms with Gasteiger partial charge in [-0.1, -0.05) is 61.1 Å². The van der Waals surface area contributed by atoms with Crippen LogP contribution in [0.3, 0.4) is 0 Å². The smallest absolute Gasteiger partial charge is 0.233 e. The quantitative estimate of drug-likeness (QED) is 0.462. The first kappa shape index (κ1) is 22.2. The van der Waals surface area contributed by atoms with Crippen LogP contribution in [0.4, 0.5) is 5.13 Å². The van der Waals surface area contributed by atoms with Crippen LogP contribution >= 0.6 is 11.3 Å². The molecule has 3 aromatic rings. The summed E-state index contributed by atoms with van der Waals surface area (Å²) in [6.45, 7) is 12.3. The number of ether oxygens (including phenoxy) is 1. The molecule has 0 aliphatic rings. The summed E-state index contributed by atoms with van der Waals surface area (Å²) in [4.78, 5) is 22.3. The van der Waals surface area contributed by atoms with Gasteiger partial charge in [0.1, 0.15) is 11.3 Å². The minimum absolute atomic E-state index is 0.0739. The summed E-state index contributed by atoms with van der Waals surface area (Å²) in [6, 6.07) is 14.1. The van der Waals surface area contributed by atoms with E-state index in [1.807, 2.05) is 42.2 Å². The molecule has 0 fully saturated rings. The Bertz CT molecular complexity index is 981. The summed E-state index contributed by atoms with van der Waals surface area (Å²) in [7, 11) is 0. The number of fused-ring (bicyclic) bond motifs is 1. The van der Waals surface area contributed by atoms with Gasteiger partial charge in [0.05, 0.1) is 17.7 Å². The highest BCUT2D eigenvalue weighted by atomic mass is 32.1. The van der Waals surface area contributed by atoms with Crippen molar-refractivity contribution < 1.29 is 9.53 Å². The molecule has 0 radical (unpaired) electrons. The molecule has 0 bridgehead atoms. The van der Waals surface area contributed by atoms with Crippen molar-refractivity contribution in [1.82, 2.24) is 9.88 Å². The molecule has 1 heterocycles. The number of hydrogen-bond donors (Lipinski definition) is 0. The van der Waals surface area contributed by atoms with E-state index in [1.54, 1.807) is 11.3 Å². The van der Waals surface area contributed by atoms with E-state index >= 15 is 0 Å². The Kier molecular flexibility index (Phi) is 7.82. The summed E-state index contributed by atoms with van der Waals surface area (Å²) in [5, 5.41) is 0.738. The molecule has 0 aliphatic heterocycles. The van der Waals surface area contributed by atoms with Crippen molar-refractivity contribution >= 4 is 32.6 Å². The number of amides is 1. The van der Waals surface area contributed by atoms with Gasteiger partial charge in [-0.05, 0) is 44.6 Å². The van der Waals surface area contributed by atoms with Crippen LogP contribution in [0.25, 0.3) is 10.2 Å². The van der Waals surface area contributed by atoms with Gasteiger partial charge in [0, 0.05) is 13.1 Å². The minimum Gasteiger partial charge on any atom is -0.492 e. The molecule has 160 valence electrons. The molecule has 0 saturated heterocycles. The van der Waals surface area contributed by atoms with Gasteiger partial charge in [-0.15, -0.1) is 0 Å². The highest BCUT2D eigenvalue weighted by Gasteiger charge is 2.22. The van der Waals surface area contributed by atoms with Crippen LogP contribution in [0.2, 0.25) is 0 Å². The zero-order valence-corrected chi connectivity index (χ0v) is 19.2. The Morgan fingerprint density at radius 2 is 1.83 bits per heavy atom. The number of hydrogen-bond acceptors (Lipinski definition) is 5. The maximum atomic E-state index is 13.3. The number of aryl methyl sites for hydroxylation is 1. The molecule has 5 nitrogen and oxygen atoms in total. The molecule has 0 N–H and O–H groups in total. The van der Waals surface area contributed by atoms with Crippen molar-refractivity contribution in [3.8, 4) is 5.75 Å². The van der Waals surface area contributed by atoms with Crippen LogP contribution in [0.15, 0.2) is 42.5 Å². The summed E-state index contributed by atoms with van der Waals surface area (Å²) in [5.41, 5.74) is 3.02. The fourth-order valence-electron chi connectivity index (χ4n) is 3.50. The second-order valence-corrected chi connectivity index (χ2v) is 8.28. The maximum Gasteiger partial charge on any atom is 0.233 e. The van der Waals surface area contributed by atoms with E-state index < -0.39 is 0 Å². The van der Waals surface area contributed by atoms with Crippen molar-refractivity contribution in [3.63, 3.8) is 0 Å². The van der Waals surface area contributed by atoms with Crippen molar-refractivity contribution in [1.29, 1.82) is 0 Å². The lowest BCUT2D eigenvalue weighted by molar-refractivity contribution is -0.118. The van der Waals surface area contributed by atoms with Crippen LogP contribution in [0.1, 0.15) is 31.9 Å². The van der Waals surface area contributed by atoms with Gasteiger partial charge in [-0.2, -0.15) is 0 Å². The van der Waals surface area contributed by atoms with E-state index in [0.29, 0.717) is 19.6 Å². The lowest BCUT2D eigenvalue weighted by Gasteiger charge is -2.24. The molecule has 3 rings (SSSR count). The van der Waals surface area contributed by atoms with Gasteiger partial charge in [0.15, 0.2) is 5.13 Å². The molecule has 2 aromatic carbocycles. The van der Waals surface area contributed by atoms with E-state index in [4.69, 9.17) is 9.72 Å². The molecule has 0 saturated carbocycles. The van der Waals surface area contributed by atoms with Gasteiger partial charge in [-0.3, -0.25) is 9.69 Å². The van der Waals surface area contributed by atoms with Crippen LogP contribution in [0.5, 0.6) is 5.75 Å². The van der Waals surface area contributed by atoms with Crippen LogP contribution in [0, 0.1) is 6.92 Å². The fourth-order valence-corrected chi connectivity index (χ4v) is 4.53. The van der Waals surface area contributed by atoms with Gasteiger partial charge in [0.2, 0.25) is 5.91 Å². The average Bonchev–Trinajstić information content (AvgIpc) is 3.16. The van der Waals surface area contributed by atoms with E-state index in [2.05, 4.69) is 37.8 Å². The first-order chi connectivity index (χ1) is 14.5. The average molecular weight is 426 g/mol. The third-order valence-corrected chi connectivity index (χ3v) is 6.22. The summed E-state index contributed by atoms with van der Waals surface area (Å²) in [5.74, 6) is 0.845. The number of benzene rings is 2. The maximum absolute atomic E-state index is 13.3. The molecule has 0 aliphatic carbocycles. The highest BCUT2D eigenvalue weighted by molar-refractivity contribution is 7.22. The first-order valence-corrected chi connectivity index (χ1v) is 11.5. The molecular weight excluding hydrogens is 394 g/mol. The Hall–Kier alpha value is -2.44. The third-order valence-electron chi connectivity index (χ3n) is 5.17.